The van der Waals surface area contributed by atoms with Gasteiger partial charge in [0.1, 0.15) is 0 Å². The highest BCUT2D eigenvalue weighted by Gasteiger charge is 2.48. The Balaban J connectivity index is 2.31. The van der Waals surface area contributed by atoms with Gasteiger partial charge in [0.05, 0.1) is 27.6 Å². The Morgan fingerprint density at radius 2 is 2.17 bits per heavy atom. The molecule has 1 saturated heterocycles. The van der Waals surface area contributed by atoms with Gasteiger partial charge in [-0.05, 0) is 20.3 Å². The maximum absolute atomic E-state index is 11.5. The number of nitrogens with zero attached hydrogens (tertiary/aromatic N) is 1. The Bertz CT molecular complexity index is 571. The molecule has 1 fully saturated rings. The average Bonchev–Trinajstić information content (AvgIpc) is 2.69. The number of carboxylic acid groups (broad SMARTS) is 1. The summed E-state index contributed by atoms with van der Waals surface area (Å²) in [4.78, 5) is 16.8. The van der Waals surface area contributed by atoms with E-state index < -0.39 is 21.2 Å². The molecule has 0 aromatic carbocycles. The number of sulfone groups is 1. The first-order valence-corrected chi connectivity index (χ1v) is 8.25. The van der Waals surface area contributed by atoms with Crippen molar-refractivity contribution in [3.05, 3.63) is 15.6 Å². The lowest BCUT2D eigenvalue weighted by Gasteiger charge is -2.20. The number of carbonyl (C=O) groups is 1. The maximum Gasteiger partial charge on any atom is 0.311 e. The Hall–Kier alpha value is -0.950. The first-order valence-electron chi connectivity index (χ1n) is 5.61. The summed E-state index contributed by atoms with van der Waals surface area (Å²) in [6.45, 7) is 3.80. The number of thiazole rings is 1. The lowest BCUT2D eigenvalue weighted by atomic mass is 9.84. The minimum atomic E-state index is -3.23. The molecule has 0 radical (unpaired) electrons. The van der Waals surface area contributed by atoms with Crippen LogP contribution in [0.2, 0.25) is 0 Å². The van der Waals surface area contributed by atoms with E-state index in [2.05, 4.69) is 4.98 Å². The normalized spacial score (nSPS) is 26.3. The Labute approximate surface area is 110 Å². The smallest absolute Gasteiger partial charge is 0.311 e. The summed E-state index contributed by atoms with van der Waals surface area (Å²) < 4.78 is 23.1. The highest BCUT2D eigenvalue weighted by atomic mass is 32.2. The van der Waals surface area contributed by atoms with E-state index in [9.17, 15) is 18.3 Å². The van der Waals surface area contributed by atoms with Crippen molar-refractivity contribution in [2.75, 3.05) is 11.5 Å². The monoisotopic (exact) mass is 289 g/mol. The number of aromatic nitrogens is 1. The summed E-state index contributed by atoms with van der Waals surface area (Å²) in [7, 11) is -3.23. The van der Waals surface area contributed by atoms with Crippen molar-refractivity contribution < 1.29 is 18.3 Å². The van der Waals surface area contributed by atoms with Gasteiger partial charge in [-0.15, -0.1) is 11.3 Å². The van der Waals surface area contributed by atoms with Gasteiger partial charge in [0.2, 0.25) is 0 Å². The molecule has 1 aromatic rings. The number of aryl methyl sites for hydroxylation is 2. The van der Waals surface area contributed by atoms with Crippen molar-refractivity contribution >= 4 is 27.1 Å². The standard InChI is InChI=1S/C11H15NO4S2/c1-7-8(2)17-9(12-7)5-11(10(13)14)3-4-18(15,16)6-11/h3-6H2,1-2H3,(H,13,14). The molecule has 18 heavy (non-hydrogen) atoms. The molecule has 1 aliphatic heterocycles. The first kappa shape index (κ1) is 13.5. The van der Waals surface area contributed by atoms with Crippen molar-refractivity contribution in [2.24, 2.45) is 5.41 Å². The van der Waals surface area contributed by atoms with E-state index in [4.69, 9.17) is 0 Å². The van der Waals surface area contributed by atoms with E-state index >= 15 is 0 Å². The Morgan fingerprint density at radius 3 is 2.56 bits per heavy atom. The zero-order valence-corrected chi connectivity index (χ0v) is 11.9. The Kier molecular flexibility index (Phi) is 3.23. The van der Waals surface area contributed by atoms with Crippen LogP contribution >= 0.6 is 11.3 Å². The summed E-state index contributed by atoms with van der Waals surface area (Å²) >= 11 is 1.45. The van der Waals surface area contributed by atoms with Crippen molar-refractivity contribution in [1.29, 1.82) is 0 Å². The second-order valence-electron chi connectivity index (χ2n) is 4.85. The molecule has 5 nitrogen and oxygen atoms in total. The van der Waals surface area contributed by atoms with Gasteiger partial charge in [-0.25, -0.2) is 13.4 Å². The van der Waals surface area contributed by atoms with Crippen LogP contribution in [0.3, 0.4) is 0 Å². The van der Waals surface area contributed by atoms with E-state index in [1.165, 1.54) is 11.3 Å². The summed E-state index contributed by atoms with van der Waals surface area (Å²) in [6.07, 6.45) is 0.392. The molecular formula is C11H15NO4S2. The van der Waals surface area contributed by atoms with Crippen molar-refractivity contribution in [3.63, 3.8) is 0 Å². The third-order valence-electron chi connectivity index (χ3n) is 3.40. The van der Waals surface area contributed by atoms with Gasteiger partial charge in [0.25, 0.3) is 0 Å². The highest BCUT2D eigenvalue weighted by molar-refractivity contribution is 7.91. The fourth-order valence-electron chi connectivity index (χ4n) is 2.20. The first-order chi connectivity index (χ1) is 8.24. The molecule has 1 atom stereocenters. The topological polar surface area (TPSA) is 84.3 Å². The quantitative estimate of drug-likeness (QED) is 0.903. The molecule has 1 N–H and O–H groups in total. The SMILES string of the molecule is Cc1nc(CC2(C(=O)O)CCS(=O)(=O)C2)sc1C. The van der Waals surface area contributed by atoms with E-state index in [0.29, 0.717) is 5.01 Å². The van der Waals surface area contributed by atoms with Crippen molar-refractivity contribution in [3.8, 4) is 0 Å². The fraction of sp³-hybridized carbons (Fsp3) is 0.636. The molecule has 2 heterocycles. The van der Waals surface area contributed by atoms with E-state index in [-0.39, 0.29) is 24.3 Å². The molecule has 0 saturated carbocycles. The van der Waals surface area contributed by atoms with Crippen LogP contribution in [0.1, 0.15) is 22.0 Å². The molecule has 0 amide bonds. The lowest BCUT2D eigenvalue weighted by molar-refractivity contribution is -0.147. The molecule has 1 aliphatic rings. The van der Waals surface area contributed by atoms with Gasteiger partial charge in [-0.3, -0.25) is 4.79 Å². The number of hydrogen-bond acceptors (Lipinski definition) is 5. The summed E-state index contributed by atoms with van der Waals surface area (Å²) in [6, 6.07) is 0. The highest BCUT2D eigenvalue weighted by Crippen LogP contribution is 2.37. The zero-order chi connectivity index (χ0) is 13.6. The second-order valence-corrected chi connectivity index (χ2v) is 8.33. The molecule has 100 valence electrons. The number of carboxylic acids is 1. The van der Waals surface area contributed by atoms with Crippen LogP contribution in [0.5, 0.6) is 0 Å². The molecule has 0 spiro atoms. The predicted molar refractivity (Wildman–Crippen MR) is 68.6 cm³/mol. The van der Waals surface area contributed by atoms with E-state index in [0.717, 1.165) is 10.6 Å². The van der Waals surface area contributed by atoms with Crippen LogP contribution in [0, 0.1) is 19.3 Å². The van der Waals surface area contributed by atoms with Gasteiger partial charge in [0.15, 0.2) is 9.84 Å². The third-order valence-corrected chi connectivity index (χ3v) is 6.30. The van der Waals surface area contributed by atoms with Gasteiger partial charge in [0, 0.05) is 11.3 Å². The van der Waals surface area contributed by atoms with Crippen LogP contribution < -0.4 is 0 Å². The molecule has 1 unspecified atom stereocenters. The molecule has 7 heteroatoms. The largest absolute Gasteiger partial charge is 0.481 e. The van der Waals surface area contributed by atoms with Gasteiger partial charge in [-0.2, -0.15) is 0 Å². The molecule has 2 rings (SSSR count). The molecule has 0 aliphatic carbocycles. The maximum atomic E-state index is 11.5. The lowest BCUT2D eigenvalue weighted by Crippen LogP contribution is -2.34. The van der Waals surface area contributed by atoms with Crippen LogP contribution in [-0.4, -0.2) is 36.0 Å². The minimum Gasteiger partial charge on any atom is -0.481 e. The van der Waals surface area contributed by atoms with Gasteiger partial charge in [-0.1, -0.05) is 0 Å². The van der Waals surface area contributed by atoms with Crippen LogP contribution in [0.4, 0.5) is 0 Å². The number of rotatable bonds is 3. The number of aliphatic carboxylic acids is 1. The second kappa shape index (κ2) is 4.31. The van der Waals surface area contributed by atoms with E-state index in [1.54, 1.807) is 0 Å². The predicted octanol–water partition coefficient (Wildman–Crippen LogP) is 1.19. The van der Waals surface area contributed by atoms with Gasteiger partial charge >= 0.3 is 5.97 Å². The average molecular weight is 289 g/mol. The third kappa shape index (κ3) is 2.42. The zero-order valence-electron chi connectivity index (χ0n) is 10.3. The van der Waals surface area contributed by atoms with Crippen molar-refractivity contribution in [2.45, 2.75) is 26.7 Å². The fourth-order valence-corrected chi connectivity index (χ4v) is 5.34. The van der Waals surface area contributed by atoms with Crippen molar-refractivity contribution in [1.82, 2.24) is 4.98 Å². The van der Waals surface area contributed by atoms with Crippen LogP contribution in [-0.2, 0) is 21.1 Å². The van der Waals surface area contributed by atoms with Gasteiger partial charge < -0.3 is 5.11 Å². The van der Waals surface area contributed by atoms with Crippen LogP contribution in [0.15, 0.2) is 0 Å². The van der Waals surface area contributed by atoms with Crippen LogP contribution in [0.25, 0.3) is 0 Å². The Morgan fingerprint density at radius 1 is 1.50 bits per heavy atom. The molecular weight excluding hydrogens is 274 g/mol. The summed E-state index contributed by atoms with van der Waals surface area (Å²) in [5.41, 5.74) is -0.299. The minimum absolute atomic E-state index is 0.0390. The van der Waals surface area contributed by atoms with E-state index in [1.807, 2.05) is 13.8 Å². The summed E-state index contributed by atoms with van der Waals surface area (Å²) in [5.74, 6) is -1.34. The molecule has 1 aromatic heterocycles. The molecule has 0 bridgehead atoms. The number of hydrogen-bond donors (Lipinski definition) is 1. The summed E-state index contributed by atoms with van der Waals surface area (Å²) in [5, 5.41) is 10.1.